The Labute approximate surface area is 156 Å². The summed E-state index contributed by atoms with van der Waals surface area (Å²) in [5, 5.41) is 5.82. The summed E-state index contributed by atoms with van der Waals surface area (Å²) in [5.74, 6) is 0.268. The first kappa shape index (κ1) is 21.3. The van der Waals surface area contributed by atoms with E-state index >= 15 is 0 Å². The van der Waals surface area contributed by atoms with E-state index in [0.717, 1.165) is 29.8 Å². The molecule has 4 nitrogen and oxygen atoms in total. The molecule has 0 unspecified atom stereocenters. The number of amides is 1. The Morgan fingerprint density at radius 3 is 2.60 bits per heavy atom. The fourth-order valence-electron chi connectivity index (χ4n) is 2.85. The molecule has 3 N–H and O–H groups in total. The van der Waals surface area contributed by atoms with Gasteiger partial charge in [-0.1, -0.05) is 62.9 Å². The van der Waals surface area contributed by atoms with E-state index in [0.29, 0.717) is 0 Å². The summed E-state index contributed by atoms with van der Waals surface area (Å²) < 4.78 is 5.60. The molecule has 0 aliphatic rings. The van der Waals surface area contributed by atoms with Gasteiger partial charge in [0.05, 0.1) is 0 Å². The van der Waals surface area contributed by atoms with E-state index in [-0.39, 0.29) is 19.0 Å². The Morgan fingerprint density at radius 2 is 1.84 bits per heavy atom. The molecule has 0 fully saturated rings. The maximum atomic E-state index is 11.0. The highest BCUT2D eigenvalue weighted by molar-refractivity contribution is 5.88. The highest BCUT2D eigenvalue weighted by Crippen LogP contribution is 2.28. The third-order valence-electron chi connectivity index (χ3n) is 4.13. The number of benzene rings is 2. The number of unbranched alkanes of at least 4 members (excludes halogenated alkanes) is 4. The van der Waals surface area contributed by atoms with Gasteiger partial charge in [0.25, 0.3) is 5.91 Å². The van der Waals surface area contributed by atoms with Gasteiger partial charge in [0.2, 0.25) is 0 Å². The summed E-state index contributed by atoms with van der Waals surface area (Å²) in [6.07, 6.45) is 6.33. The minimum Gasteiger partial charge on any atom is -0.483 e. The molecule has 0 aromatic heterocycles. The van der Waals surface area contributed by atoms with Gasteiger partial charge in [0.15, 0.2) is 6.61 Å². The Bertz CT molecular complexity index is 661. The van der Waals surface area contributed by atoms with Gasteiger partial charge in [0, 0.05) is 12.1 Å². The number of hydrogen-bond donors (Lipinski definition) is 2. The molecule has 0 saturated carbocycles. The number of ether oxygens (including phenoxy) is 1. The molecule has 0 bridgehead atoms. The molecule has 0 heterocycles. The Balaban J connectivity index is 0.00000312. The number of hydrogen-bond acceptors (Lipinski definition) is 3. The van der Waals surface area contributed by atoms with Crippen molar-refractivity contribution in [1.29, 1.82) is 0 Å². The van der Waals surface area contributed by atoms with Crippen molar-refractivity contribution in [3.05, 3.63) is 42.0 Å². The van der Waals surface area contributed by atoms with Crippen LogP contribution in [0.4, 0.5) is 0 Å². The number of nitrogens with two attached hydrogens (primary N) is 1. The average molecular weight is 365 g/mol. The van der Waals surface area contributed by atoms with Gasteiger partial charge in [-0.25, -0.2) is 0 Å². The summed E-state index contributed by atoms with van der Waals surface area (Å²) in [4.78, 5) is 11.0. The second-order valence-electron chi connectivity index (χ2n) is 6.11. The molecular weight excluding hydrogens is 336 g/mol. The zero-order valence-electron chi connectivity index (χ0n) is 14.9. The first-order chi connectivity index (χ1) is 11.7. The van der Waals surface area contributed by atoms with Crippen molar-refractivity contribution in [3.8, 4) is 5.75 Å². The second kappa shape index (κ2) is 11.7. The van der Waals surface area contributed by atoms with Crippen LogP contribution in [0.15, 0.2) is 36.4 Å². The van der Waals surface area contributed by atoms with Crippen molar-refractivity contribution < 1.29 is 9.53 Å². The van der Waals surface area contributed by atoms with Crippen molar-refractivity contribution in [1.82, 2.24) is 5.32 Å². The van der Waals surface area contributed by atoms with Gasteiger partial charge in [-0.3, -0.25) is 4.79 Å². The first-order valence-corrected chi connectivity index (χ1v) is 8.84. The van der Waals surface area contributed by atoms with Gasteiger partial charge in [0.1, 0.15) is 5.75 Å². The van der Waals surface area contributed by atoms with E-state index < -0.39 is 5.91 Å². The quantitative estimate of drug-likeness (QED) is 0.588. The molecule has 0 aliphatic carbocycles. The highest BCUT2D eigenvalue weighted by atomic mass is 35.5. The van der Waals surface area contributed by atoms with Crippen LogP contribution in [0.1, 0.15) is 44.6 Å². The summed E-state index contributed by atoms with van der Waals surface area (Å²) in [5.41, 5.74) is 6.29. The zero-order chi connectivity index (χ0) is 17.2. The average Bonchev–Trinajstić information content (AvgIpc) is 2.59. The van der Waals surface area contributed by atoms with Gasteiger partial charge in [-0.15, -0.1) is 12.4 Å². The third kappa shape index (κ3) is 6.92. The standard InChI is InChI=1S/C20H28N2O2.ClH/c1-2-3-4-5-8-13-22-14-18-17-10-7-6-9-16(17)11-12-19(18)24-15-20(21)23;/h6-7,9-12,22H,2-5,8,13-15H2,1H3,(H2,21,23);1H. The molecule has 5 heteroatoms. The van der Waals surface area contributed by atoms with Crippen LogP contribution in [0.25, 0.3) is 10.8 Å². The predicted octanol–water partition coefficient (Wildman–Crippen LogP) is 4.19. The lowest BCUT2D eigenvalue weighted by Crippen LogP contribution is -2.21. The molecule has 138 valence electrons. The van der Waals surface area contributed by atoms with Crippen molar-refractivity contribution in [2.45, 2.75) is 45.6 Å². The van der Waals surface area contributed by atoms with Crippen LogP contribution < -0.4 is 15.8 Å². The lowest BCUT2D eigenvalue weighted by molar-refractivity contribution is -0.119. The molecule has 0 aliphatic heterocycles. The van der Waals surface area contributed by atoms with Crippen molar-refractivity contribution in [3.63, 3.8) is 0 Å². The van der Waals surface area contributed by atoms with Crippen LogP contribution in [-0.4, -0.2) is 19.1 Å². The van der Waals surface area contributed by atoms with Crippen LogP contribution in [0.5, 0.6) is 5.75 Å². The first-order valence-electron chi connectivity index (χ1n) is 8.84. The molecule has 2 aromatic rings. The fraction of sp³-hybridized carbons (Fsp3) is 0.450. The van der Waals surface area contributed by atoms with E-state index in [1.54, 1.807) is 0 Å². The number of nitrogens with one attached hydrogen (secondary N) is 1. The third-order valence-corrected chi connectivity index (χ3v) is 4.13. The lowest BCUT2D eigenvalue weighted by Gasteiger charge is -2.14. The second-order valence-corrected chi connectivity index (χ2v) is 6.11. The smallest absolute Gasteiger partial charge is 0.255 e. The summed E-state index contributed by atoms with van der Waals surface area (Å²) in [6, 6.07) is 12.2. The number of carbonyl (C=O) groups is 1. The normalized spacial score (nSPS) is 10.4. The fourth-order valence-corrected chi connectivity index (χ4v) is 2.85. The molecule has 0 saturated heterocycles. The maximum absolute atomic E-state index is 11.0. The van der Waals surface area contributed by atoms with Crippen LogP contribution in [0.2, 0.25) is 0 Å². The van der Waals surface area contributed by atoms with Crippen LogP contribution in [0, 0.1) is 0 Å². The SMILES string of the molecule is CCCCCCCNCc1c(OCC(N)=O)ccc2ccccc12.Cl. The predicted molar refractivity (Wildman–Crippen MR) is 106 cm³/mol. The summed E-state index contributed by atoms with van der Waals surface area (Å²) in [7, 11) is 0. The number of carbonyl (C=O) groups excluding carboxylic acids is 1. The van der Waals surface area contributed by atoms with E-state index in [2.05, 4.69) is 24.4 Å². The van der Waals surface area contributed by atoms with Crippen molar-refractivity contribution in [2.75, 3.05) is 13.2 Å². The van der Waals surface area contributed by atoms with E-state index in [1.165, 1.54) is 37.5 Å². The van der Waals surface area contributed by atoms with Gasteiger partial charge in [-0.05, 0) is 29.8 Å². The van der Waals surface area contributed by atoms with Crippen LogP contribution in [-0.2, 0) is 11.3 Å². The van der Waals surface area contributed by atoms with E-state index in [4.69, 9.17) is 10.5 Å². The van der Waals surface area contributed by atoms with Gasteiger partial charge < -0.3 is 15.8 Å². The topological polar surface area (TPSA) is 64.3 Å². The minimum atomic E-state index is -0.460. The van der Waals surface area contributed by atoms with Crippen molar-refractivity contribution >= 4 is 29.1 Å². The summed E-state index contributed by atoms with van der Waals surface area (Å²) >= 11 is 0. The minimum absolute atomic E-state index is 0. The van der Waals surface area contributed by atoms with Crippen LogP contribution >= 0.6 is 12.4 Å². The largest absolute Gasteiger partial charge is 0.483 e. The number of primary amides is 1. The van der Waals surface area contributed by atoms with E-state index in [9.17, 15) is 4.79 Å². The number of rotatable bonds is 11. The monoisotopic (exact) mass is 364 g/mol. The molecular formula is C20H29ClN2O2. The van der Waals surface area contributed by atoms with Crippen LogP contribution in [0.3, 0.4) is 0 Å². The Kier molecular flexibility index (Phi) is 9.97. The maximum Gasteiger partial charge on any atom is 0.255 e. The zero-order valence-corrected chi connectivity index (χ0v) is 15.7. The Morgan fingerprint density at radius 1 is 1.08 bits per heavy atom. The Hall–Kier alpha value is -1.78. The highest BCUT2D eigenvalue weighted by Gasteiger charge is 2.09. The molecule has 25 heavy (non-hydrogen) atoms. The van der Waals surface area contributed by atoms with Crippen molar-refractivity contribution in [2.24, 2.45) is 5.73 Å². The lowest BCUT2D eigenvalue weighted by atomic mass is 10.0. The number of fused-ring (bicyclic) bond motifs is 1. The molecule has 2 rings (SSSR count). The van der Waals surface area contributed by atoms with Gasteiger partial charge in [-0.2, -0.15) is 0 Å². The molecule has 2 aromatic carbocycles. The molecule has 0 atom stereocenters. The van der Waals surface area contributed by atoms with Gasteiger partial charge >= 0.3 is 0 Å². The van der Waals surface area contributed by atoms with E-state index in [1.807, 2.05) is 24.3 Å². The summed E-state index contributed by atoms with van der Waals surface area (Å²) in [6.45, 7) is 3.85. The number of halogens is 1. The molecule has 0 radical (unpaired) electrons. The molecule has 1 amide bonds. The molecule has 0 spiro atoms.